The van der Waals surface area contributed by atoms with Crippen LogP contribution in [-0.2, 0) is 4.79 Å². The minimum Gasteiger partial charge on any atom is -0.299 e. The van der Waals surface area contributed by atoms with E-state index in [1.54, 1.807) is 19.1 Å². The highest BCUT2D eigenvalue weighted by atomic mass is 16.1. The third-order valence-electron chi connectivity index (χ3n) is 0.362. The van der Waals surface area contributed by atoms with Crippen LogP contribution >= 0.6 is 0 Å². The van der Waals surface area contributed by atoms with Crippen LogP contribution < -0.4 is 0 Å². The molecule has 0 rings (SSSR count). The third-order valence-corrected chi connectivity index (χ3v) is 0.362. The molecule has 0 saturated heterocycles. The Morgan fingerprint density at radius 2 is 2.11 bits per heavy atom. The van der Waals surface area contributed by atoms with E-state index in [9.17, 15) is 4.79 Å². The first-order valence-electron chi connectivity index (χ1n) is 2.40. The molecule has 0 amide bonds. The van der Waals surface area contributed by atoms with Gasteiger partial charge in [-0.25, -0.2) is 0 Å². The largest absolute Gasteiger partial charge is 0.299 e. The van der Waals surface area contributed by atoms with Crippen LogP contribution in [-0.4, -0.2) is 6.29 Å². The van der Waals surface area contributed by atoms with E-state index in [1.165, 1.54) is 12.2 Å². The highest BCUT2D eigenvalue weighted by molar-refractivity contribution is 5.64. The van der Waals surface area contributed by atoms with Crippen LogP contribution in [0.2, 0.25) is 0 Å². The average molecular weight is 123 g/mol. The monoisotopic (exact) mass is 123 g/mol. The third kappa shape index (κ3) is 53.2. The van der Waals surface area contributed by atoms with E-state index in [1.807, 2.05) is 0 Å². The second kappa shape index (κ2) is 15.9. The van der Waals surface area contributed by atoms with Gasteiger partial charge in [0, 0.05) is 6.08 Å². The van der Waals surface area contributed by atoms with Crippen molar-refractivity contribution in [3.8, 4) is 6.07 Å². The molecule has 0 aliphatic rings. The molecule has 0 fully saturated rings. The first-order valence-corrected chi connectivity index (χ1v) is 2.40. The highest BCUT2D eigenvalue weighted by Gasteiger charge is 1.48. The fourth-order valence-corrected chi connectivity index (χ4v) is 0.0786. The van der Waals surface area contributed by atoms with Crippen molar-refractivity contribution in [2.45, 2.75) is 6.92 Å². The van der Waals surface area contributed by atoms with Crippen molar-refractivity contribution in [3.05, 3.63) is 24.8 Å². The highest BCUT2D eigenvalue weighted by Crippen LogP contribution is 1.55. The molecule has 0 saturated carbocycles. The smallest absolute Gasteiger partial charge is 0.142 e. The zero-order valence-corrected chi connectivity index (χ0v) is 5.37. The van der Waals surface area contributed by atoms with Crippen LogP contribution in [0.4, 0.5) is 0 Å². The van der Waals surface area contributed by atoms with Crippen molar-refractivity contribution in [1.29, 1.82) is 5.26 Å². The minimum atomic E-state index is 0.750. The summed E-state index contributed by atoms with van der Waals surface area (Å²) >= 11 is 0. The molecule has 0 aromatic rings. The summed E-state index contributed by atoms with van der Waals surface area (Å²) < 4.78 is 0. The van der Waals surface area contributed by atoms with Crippen LogP contribution in [0.5, 0.6) is 0 Å². The lowest BCUT2D eigenvalue weighted by Gasteiger charge is -1.51. The Morgan fingerprint density at radius 1 is 1.67 bits per heavy atom. The van der Waals surface area contributed by atoms with Crippen LogP contribution in [0.15, 0.2) is 24.8 Å². The standard InChI is InChI=1S/C4H6O.C3H3N/c1-2-3-4-5;1-2-3-4/h2-4H,1H3;2H,1H2. The van der Waals surface area contributed by atoms with E-state index >= 15 is 0 Å². The molecule has 0 spiro atoms. The van der Waals surface area contributed by atoms with E-state index < -0.39 is 0 Å². The first-order chi connectivity index (χ1) is 4.33. The minimum absolute atomic E-state index is 0.750. The predicted octanol–water partition coefficient (Wildman–Crippen LogP) is 1.46. The molecule has 2 heteroatoms. The summed E-state index contributed by atoms with van der Waals surface area (Å²) in [7, 11) is 0. The van der Waals surface area contributed by atoms with Crippen LogP contribution in [0.25, 0.3) is 0 Å². The number of aldehydes is 1. The Hall–Kier alpha value is -1.36. The summed E-state index contributed by atoms with van der Waals surface area (Å²) in [6, 6.07) is 1.69. The van der Waals surface area contributed by atoms with Gasteiger partial charge in [0.1, 0.15) is 6.29 Å². The molecule has 48 valence electrons. The summed E-state index contributed by atoms with van der Waals surface area (Å²) in [5.41, 5.74) is 0. The molecule has 0 radical (unpaired) electrons. The van der Waals surface area contributed by atoms with Crippen molar-refractivity contribution in [2.75, 3.05) is 0 Å². The molecule has 0 aliphatic heterocycles. The number of hydrogen-bond donors (Lipinski definition) is 0. The fourth-order valence-electron chi connectivity index (χ4n) is 0.0786. The van der Waals surface area contributed by atoms with Gasteiger partial charge in [0.15, 0.2) is 0 Å². The quantitative estimate of drug-likeness (QED) is 0.301. The molecule has 0 heterocycles. The summed E-state index contributed by atoms with van der Waals surface area (Å²) in [5.74, 6) is 0. The van der Waals surface area contributed by atoms with Crippen molar-refractivity contribution in [1.82, 2.24) is 0 Å². The lowest BCUT2D eigenvalue weighted by atomic mass is 10.6. The van der Waals surface area contributed by atoms with E-state index in [-0.39, 0.29) is 0 Å². The summed E-state index contributed by atoms with van der Waals surface area (Å²) in [5, 5.41) is 7.51. The van der Waals surface area contributed by atoms with Gasteiger partial charge in [0.2, 0.25) is 0 Å². The SMILES string of the molecule is C=CC#N.CC=CC=O. The molecule has 0 aromatic heterocycles. The normalized spacial score (nSPS) is 6.67. The van der Waals surface area contributed by atoms with E-state index in [0.29, 0.717) is 0 Å². The van der Waals surface area contributed by atoms with Crippen LogP contribution in [0, 0.1) is 11.3 Å². The zero-order valence-electron chi connectivity index (χ0n) is 5.37. The molecule has 0 atom stereocenters. The topological polar surface area (TPSA) is 40.9 Å². The number of allylic oxidation sites excluding steroid dienone is 3. The molecule has 0 aromatic carbocycles. The second-order valence-corrected chi connectivity index (χ2v) is 0.995. The number of nitriles is 1. The second-order valence-electron chi connectivity index (χ2n) is 0.995. The van der Waals surface area contributed by atoms with Crippen molar-refractivity contribution in [3.63, 3.8) is 0 Å². The predicted molar refractivity (Wildman–Crippen MR) is 36.7 cm³/mol. The van der Waals surface area contributed by atoms with E-state index in [4.69, 9.17) is 5.26 Å². The van der Waals surface area contributed by atoms with Gasteiger partial charge in [-0.1, -0.05) is 12.7 Å². The molecule has 0 N–H and O–H groups in total. The number of carbonyl (C=O) groups excluding carboxylic acids is 1. The number of rotatable bonds is 1. The van der Waals surface area contributed by atoms with Gasteiger partial charge in [-0.3, -0.25) is 4.79 Å². The Morgan fingerprint density at radius 3 is 2.11 bits per heavy atom. The lowest BCUT2D eigenvalue weighted by molar-refractivity contribution is -0.104. The summed E-state index contributed by atoms with van der Waals surface area (Å²) in [6.45, 7) is 4.92. The lowest BCUT2D eigenvalue weighted by Crippen LogP contribution is -1.50. The number of nitrogens with zero attached hydrogens (tertiary/aromatic N) is 1. The summed E-state index contributed by atoms with van der Waals surface area (Å²) in [6.07, 6.45) is 5.06. The van der Waals surface area contributed by atoms with Gasteiger partial charge in [-0.2, -0.15) is 5.26 Å². The van der Waals surface area contributed by atoms with Crippen LogP contribution in [0.3, 0.4) is 0 Å². The Labute approximate surface area is 55.1 Å². The molecular weight excluding hydrogens is 114 g/mol. The Bertz CT molecular complexity index is 130. The van der Waals surface area contributed by atoms with Crippen molar-refractivity contribution in [2.24, 2.45) is 0 Å². The molecule has 0 bridgehead atoms. The zero-order chi connectivity index (χ0) is 7.54. The van der Waals surface area contributed by atoms with E-state index in [2.05, 4.69) is 6.58 Å². The maximum Gasteiger partial charge on any atom is 0.142 e. The van der Waals surface area contributed by atoms with Crippen LogP contribution in [0.1, 0.15) is 6.92 Å². The molecular formula is C7H9NO. The maximum atomic E-state index is 9.32. The average Bonchev–Trinajstić information content (AvgIpc) is 1.91. The van der Waals surface area contributed by atoms with Gasteiger partial charge in [-0.05, 0) is 13.0 Å². The van der Waals surface area contributed by atoms with Crippen molar-refractivity contribution >= 4 is 6.29 Å². The maximum absolute atomic E-state index is 9.32. The fraction of sp³-hybridized carbons (Fsp3) is 0.143. The van der Waals surface area contributed by atoms with Gasteiger partial charge >= 0.3 is 0 Å². The Balaban J connectivity index is 0. The number of hydrogen-bond acceptors (Lipinski definition) is 2. The summed E-state index contributed by atoms with van der Waals surface area (Å²) in [4.78, 5) is 9.32. The first kappa shape index (κ1) is 10.6. The Kier molecular flexibility index (Phi) is 18.8. The molecule has 9 heavy (non-hydrogen) atoms. The van der Waals surface area contributed by atoms with Gasteiger partial charge in [0.25, 0.3) is 0 Å². The molecule has 0 aliphatic carbocycles. The van der Waals surface area contributed by atoms with E-state index in [0.717, 1.165) is 6.29 Å². The van der Waals surface area contributed by atoms with Gasteiger partial charge in [0.05, 0.1) is 6.07 Å². The van der Waals surface area contributed by atoms with Gasteiger partial charge in [-0.15, -0.1) is 0 Å². The van der Waals surface area contributed by atoms with Crippen molar-refractivity contribution < 1.29 is 4.79 Å². The van der Waals surface area contributed by atoms with Gasteiger partial charge < -0.3 is 0 Å². The number of carbonyl (C=O) groups is 1. The molecule has 2 nitrogen and oxygen atoms in total. The molecule has 0 unspecified atom stereocenters.